The minimum atomic E-state index is -1.07. The van der Waals surface area contributed by atoms with Gasteiger partial charge < -0.3 is 19.1 Å². The zero-order chi connectivity index (χ0) is 33.3. The van der Waals surface area contributed by atoms with Gasteiger partial charge in [-0.25, -0.2) is 23.9 Å². The summed E-state index contributed by atoms with van der Waals surface area (Å²) in [4.78, 5) is 54.2. The Kier molecular flexibility index (Phi) is 9.88. The van der Waals surface area contributed by atoms with Crippen molar-refractivity contribution in [3.63, 3.8) is 0 Å². The SMILES string of the molecule is CC(Oc1cc(-c2cnc3c(n2)CN(C=O)CC3)cnc1N(C(=O)OC(C)(C)C)C(=O)OC(C)(C)C)c1c(Cl)ccc(F)c1Cl. The monoisotopic (exact) mass is 661 g/mol. The van der Waals surface area contributed by atoms with E-state index in [9.17, 15) is 18.8 Å². The fourth-order valence-corrected chi connectivity index (χ4v) is 5.08. The maximum absolute atomic E-state index is 14.4. The van der Waals surface area contributed by atoms with E-state index < -0.39 is 35.3 Å². The van der Waals surface area contributed by atoms with Crippen LogP contribution in [0.1, 0.15) is 71.5 Å². The van der Waals surface area contributed by atoms with Crippen molar-refractivity contribution in [1.82, 2.24) is 19.9 Å². The molecule has 1 aromatic carbocycles. The molecule has 240 valence electrons. The molecule has 1 aliphatic heterocycles. The highest BCUT2D eigenvalue weighted by Gasteiger charge is 2.36. The predicted octanol–water partition coefficient (Wildman–Crippen LogP) is 7.32. The molecule has 4 rings (SSSR count). The maximum Gasteiger partial charge on any atom is 0.425 e. The van der Waals surface area contributed by atoms with Crippen molar-refractivity contribution in [3.05, 3.63) is 63.4 Å². The van der Waals surface area contributed by atoms with Crippen LogP contribution in [0, 0.1) is 5.82 Å². The highest BCUT2D eigenvalue weighted by molar-refractivity contribution is 6.36. The third-order valence-electron chi connectivity index (χ3n) is 6.35. The van der Waals surface area contributed by atoms with Gasteiger partial charge in [-0.1, -0.05) is 23.2 Å². The molecule has 0 spiro atoms. The summed E-state index contributed by atoms with van der Waals surface area (Å²) in [5.41, 5.74) is 0.352. The Balaban J connectivity index is 1.87. The van der Waals surface area contributed by atoms with Gasteiger partial charge in [0, 0.05) is 35.3 Å². The molecule has 45 heavy (non-hydrogen) atoms. The second kappa shape index (κ2) is 13.1. The fraction of sp³-hybridized carbons (Fsp3) is 0.419. The first kappa shape index (κ1) is 33.9. The molecule has 2 aromatic heterocycles. The molecule has 14 heteroatoms. The molecule has 0 aliphatic carbocycles. The Morgan fingerprint density at radius 2 is 1.67 bits per heavy atom. The van der Waals surface area contributed by atoms with Crippen molar-refractivity contribution in [2.45, 2.75) is 78.7 Å². The minimum absolute atomic E-state index is 0.0952. The standard InChI is InChI=1S/C31H34Cl2FN5O6/c1-17(25-19(32)8-9-20(34)26(25)33)43-24-12-18(22-14-35-21-10-11-38(16-40)15-23(21)37-22)13-36-27(24)39(28(41)44-30(2,3)4)29(42)45-31(5,6)7/h8-9,12-14,16-17H,10-11,15H2,1-7H3. The molecular weight excluding hydrogens is 628 g/mol. The molecule has 1 atom stereocenters. The normalized spacial score (nSPS) is 13.9. The summed E-state index contributed by atoms with van der Waals surface area (Å²) in [6, 6.07) is 3.96. The Labute approximate surface area is 270 Å². The number of nitrogens with zero attached hydrogens (tertiary/aromatic N) is 5. The summed E-state index contributed by atoms with van der Waals surface area (Å²) in [5, 5.41) is -0.118. The molecule has 3 heterocycles. The minimum Gasteiger partial charge on any atom is -0.482 e. The highest BCUT2D eigenvalue weighted by Crippen LogP contribution is 2.39. The van der Waals surface area contributed by atoms with Crippen LogP contribution >= 0.6 is 23.2 Å². The number of carbonyl (C=O) groups is 3. The number of hydrogen-bond donors (Lipinski definition) is 0. The summed E-state index contributed by atoms with van der Waals surface area (Å²) in [7, 11) is 0. The van der Waals surface area contributed by atoms with Crippen LogP contribution in [0.5, 0.6) is 5.75 Å². The van der Waals surface area contributed by atoms with Crippen LogP contribution in [0.2, 0.25) is 10.0 Å². The van der Waals surface area contributed by atoms with Gasteiger partial charge in [-0.05, 0) is 66.7 Å². The Morgan fingerprint density at radius 3 is 2.27 bits per heavy atom. The van der Waals surface area contributed by atoms with E-state index in [2.05, 4.69) is 9.97 Å². The molecule has 0 saturated heterocycles. The third-order valence-corrected chi connectivity index (χ3v) is 7.06. The van der Waals surface area contributed by atoms with Crippen molar-refractivity contribution in [2.75, 3.05) is 11.4 Å². The van der Waals surface area contributed by atoms with E-state index in [-0.39, 0.29) is 33.7 Å². The summed E-state index contributed by atoms with van der Waals surface area (Å²) in [6.45, 7) is 12.2. The van der Waals surface area contributed by atoms with Crippen molar-refractivity contribution in [2.24, 2.45) is 0 Å². The average molecular weight is 663 g/mol. The zero-order valence-corrected chi connectivity index (χ0v) is 27.5. The molecule has 1 aliphatic rings. The van der Waals surface area contributed by atoms with Crippen LogP contribution < -0.4 is 9.64 Å². The van der Waals surface area contributed by atoms with Gasteiger partial charge >= 0.3 is 12.2 Å². The number of fused-ring (bicyclic) bond motifs is 1. The molecule has 1 unspecified atom stereocenters. The number of anilines is 1. The molecule has 0 radical (unpaired) electrons. The van der Waals surface area contributed by atoms with Gasteiger partial charge in [-0.15, -0.1) is 0 Å². The zero-order valence-electron chi connectivity index (χ0n) is 26.0. The van der Waals surface area contributed by atoms with Gasteiger partial charge in [0.25, 0.3) is 0 Å². The van der Waals surface area contributed by atoms with Gasteiger partial charge in [-0.3, -0.25) is 9.78 Å². The molecule has 3 amide bonds. The van der Waals surface area contributed by atoms with Gasteiger partial charge in [0.2, 0.25) is 6.41 Å². The lowest BCUT2D eigenvalue weighted by Crippen LogP contribution is -2.44. The quantitative estimate of drug-likeness (QED) is 0.197. The number of aromatic nitrogens is 3. The van der Waals surface area contributed by atoms with E-state index in [0.29, 0.717) is 34.8 Å². The van der Waals surface area contributed by atoms with E-state index in [1.165, 1.54) is 18.3 Å². The Hall–Kier alpha value is -4.03. The molecule has 11 nitrogen and oxygen atoms in total. The lowest BCUT2D eigenvalue weighted by atomic mass is 10.1. The molecule has 0 fully saturated rings. The van der Waals surface area contributed by atoms with Gasteiger partial charge in [0.1, 0.15) is 23.1 Å². The Morgan fingerprint density at radius 1 is 1.02 bits per heavy atom. The first-order valence-corrected chi connectivity index (χ1v) is 14.8. The van der Waals surface area contributed by atoms with E-state index in [0.717, 1.165) is 18.2 Å². The van der Waals surface area contributed by atoms with Crippen molar-refractivity contribution < 1.29 is 33.0 Å². The molecule has 0 bridgehead atoms. The second-order valence-corrected chi connectivity index (χ2v) is 13.1. The average Bonchev–Trinajstić information content (AvgIpc) is 2.93. The number of halogens is 3. The van der Waals surface area contributed by atoms with Crippen LogP contribution in [0.15, 0.2) is 30.6 Å². The number of ether oxygens (including phenoxy) is 3. The number of pyridine rings is 1. The number of amides is 3. The van der Waals surface area contributed by atoms with Crippen molar-refractivity contribution in [3.8, 4) is 17.0 Å². The second-order valence-electron chi connectivity index (χ2n) is 12.3. The number of carbonyl (C=O) groups excluding carboxylic acids is 3. The molecule has 0 saturated carbocycles. The van der Waals surface area contributed by atoms with Crippen LogP contribution in [0.4, 0.5) is 19.8 Å². The number of hydrogen-bond acceptors (Lipinski definition) is 9. The molecular formula is C31H34Cl2FN5O6. The highest BCUT2D eigenvalue weighted by atomic mass is 35.5. The van der Waals surface area contributed by atoms with Crippen molar-refractivity contribution in [1.29, 1.82) is 0 Å². The smallest absolute Gasteiger partial charge is 0.425 e. The fourth-order valence-electron chi connectivity index (χ4n) is 4.40. The van der Waals surface area contributed by atoms with Gasteiger partial charge in [-0.2, -0.15) is 4.90 Å². The van der Waals surface area contributed by atoms with E-state index >= 15 is 0 Å². The summed E-state index contributed by atoms with van der Waals surface area (Å²) in [5.74, 6) is -1.07. The first-order chi connectivity index (χ1) is 21.0. The molecule has 3 aromatic rings. The lowest BCUT2D eigenvalue weighted by Gasteiger charge is -2.29. The van der Waals surface area contributed by atoms with Crippen LogP contribution in [-0.4, -0.2) is 56.2 Å². The summed E-state index contributed by atoms with van der Waals surface area (Å²) in [6.07, 6.45) is 1.11. The van der Waals surface area contributed by atoms with E-state index in [4.69, 9.17) is 42.4 Å². The van der Waals surface area contributed by atoms with Gasteiger partial charge in [0.05, 0.1) is 34.8 Å². The summed E-state index contributed by atoms with van der Waals surface area (Å²) >= 11 is 12.6. The molecule has 0 N–H and O–H groups in total. The number of imide groups is 1. The van der Waals surface area contributed by atoms with Crippen LogP contribution in [0.25, 0.3) is 11.3 Å². The summed E-state index contributed by atoms with van der Waals surface area (Å²) < 4.78 is 31.7. The first-order valence-electron chi connectivity index (χ1n) is 14.1. The van der Waals surface area contributed by atoms with Crippen molar-refractivity contribution >= 4 is 47.6 Å². The largest absolute Gasteiger partial charge is 0.482 e. The van der Waals surface area contributed by atoms with E-state index in [1.54, 1.807) is 59.6 Å². The lowest BCUT2D eigenvalue weighted by molar-refractivity contribution is -0.119. The van der Waals surface area contributed by atoms with Crippen LogP contribution in [0.3, 0.4) is 0 Å². The third kappa shape index (κ3) is 8.17. The van der Waals surface area contributed by atoms with E-state index in [1.807, 2.05) is 0 Å². The van der Waals surface area contributed by atoms with Gasteiger partial charge in [0.15, 0.2) is 11.6 Å². The Bertz CT molecular complexity index is 1600. The maximum atomic E-state index is 14.4. The topological polar surface area (TPSA) is 124 Å². The number of benzene rings is 1. The van der Waals surface area contributed by atoms with Crippen LogP contribution in [-0.2, 0) is 27.2 Å². The number of rotatable bonds is 6. The predicted molar refractivity (Wildman–Crippen MR) is 166 cm³/mol.